The third-order valence-corrected chi connectivity index (χ3v) is 4.37. The molecule has 3 rings (SSSR count). The van der Waals surface area contributed by atoms with Crippen molar-refractivity contribution in [3.63, 3.8) is 0 Å². The minimum atomic E-state index is -4.15. The van der Waals surface area contributed by atoms with Gasteiger partial charge >= 0.3 is 6.18 Å². The van der Waals surface area contributed by atoms with Crippen LogP contribution in [-0.2, 0) is 0 Å². The predicted octanol–water partition coefficient (Wildman–Crippen LogP) is 4.07. The Bertz CT molecular complexity index is 758. The van der Waals surface area contributed by atoms with Crippen LogP contribution in [-0.4, -0.2) is 27.1 Å². The van der Waals surface area contributed by atoms with Gasteiger partial charge in [0.15, 0.2) is 5.52 Å². The van der Waals surface area contributed by atoms with Gasteiger partial charge in [-0.1, -0.05) is 6.07 Å². The van der Waals surface area contributed by atoms with Gasteiger partial charge in [-0.3, -0.25) is 10.1 Å². The average molecular weight is 340 g/mol. The molecule has 0 saturated heterocycles. The van der Waals surface area contributed by atoms with Gasteiger partial charge in [0, 0.05) is 17.5 Å². The fourth-order valence-electron chi connectivity index (χ4n) is 3.09. The normalized spacial score (nSPS) is 21.6. The first-order valence-corrected chi connectivity index (χ1v) is 7.57. The van der Waals surface area contributed by atoms with Crippen LogP contribution in [0, 0.1) is 16.0 Å². The van der Waals surface area contributed by atoms with Gasteiger partial charge in [0.25, 0.3) is 5.69 Å². The van der Waals surface area contributed by atoms with Crippen LogP contribution in [0.15, 0.2) is 24.5 Å². The van der Waals surface area contributed by atoms with Crippen molar-refractivity contribution in [2.45, 2.75) is 37.9 Å². The molecule has 0 bridgehead atoms. The Morgan fingerprint density at radius 1 is 1.17 bits per heavy atom. The number of halogens is 3. The molecule has 24 heavy (non-hydrogen) atoms. The van der Waals surface area contributed by atoms with Gasteiger partial charge in [-0.05, 0) is 31.7 Å². The summed E-state index contributed by atoms with van der Waals surface area (Å²) in [6.45, 7) is 0. The van der Waals surface area contributed by atoms with E-state index in [1.807, 2.05) is 0 Å². The number of hydrogen-bond acceptors (Lipinski definition) is 5. The van der Waals surface area contributed by atoms with E-state index >= 15 is 0 Å². The average Bonchev–Trinajstić information content (AvgIpc) is 2.54. The van der Waals surface area contributed by atoms with E-state index in [2.05, 4.69) is 15.3 Å². The summed E-state index contributed by atoms with van der Waals surface area (Å²) >= 11 is 0. The number of non-ortho nitro benzene ring substituents is 1. The number of fused-ring (bicyclic) bond motifs is 1. The van der Waals surface area contributed by atoms with Crippen molar-refractivity contribution in [1.82, 2.24) is 9.97 Å². The monoisotopic (exact) mass is 340 g/mol. The number of rotatable bonds is 3. The van der Waals surface area contributed by atoms with Crippen LogP contribution in [0.3, 0.4) is 0 Å². The van der Waals surface area contributed by atoms with E-state index in [1.165, 1.54) is 18.5 Å². The van der Waals surface area contributed by atoms with E-state index in [9.17, 15) is 23.3 Å². The largest absolute Gasteiger partial charge is 0.391 e. The molecule has 1 fully saturated rings. The summed E-state index contributed by atoms with van der Waals surface area (Å²) in [5.74, 6) is -0.835. The molecule has 0 radical (unpaired) electrons. The lowest BCUT2D eigenvalue weighted by Gasteiger charge is -2.30. The van der Waals surface area contributed by atoms with Crippen LogP contribution in [0.4, 0.5) is 24.7 Å². The molecule has 128 valence electrons. The molecule has 0 amide bonds. The topological polar surface area (TPSA) is 81.0 Å². The van der Waals surface area contributed by atoms with Gasteiger partial charge in [0.2, 0.25) is 0 Å². The maximum atomic E-state index is 12.7. The van der Waals surface area contributed by atoms with Crippen molar-refractivity contribution in [1.29, 1.82) is 0 Å². The fourth-order valence-corrected chi connectivity index (χ4v) is 3.09. The maximum Gasteiger partial charge on any atom is 0.391 e. The predicted molar refractivity (Wildman–Crippen MR) is 81.6 cm³/mol. The van der Waals surface area contributed by atoms with E-state index in [0.29, 0.717) is 24.0 Å². The Labute approximate surface area is 135 Å². The van der Waals surface area contributed by atoms with Crippen molar-refractivity contribution in [3.8, 4) is 0 Å². The number of aromatic nitrogens is 2. The molecular weight excluding hydrogens is 325 g/mol. The minimum Gasteiger partial charge on any atom is -0.367 e. The second-order valence-electron chi connectivity index (χ2n) is 5.89. The highest BCUT2D eigenvalue weighted by Gasteiger charge is 2.41. The highest BCUT2D eigenvalue weighted by molar-refractivity contribution is 5.94. The quantitative estimate of drug-likeness (QED) is 0.673. The fraction of sp³-hybridized carbons (Fsp3) is 0.467. The summed E-state index contributed by atoms with van der Waals surface area (Å²) in [7, 11) is 0. The standard InChI is InChI=1S/C15H15F3N4O2/c16-15(17,18)9-4-6-10(7-5-9)21-14-11-2-1-3-12(22(23)24)13(11)19-8-20-14/h1-3,8-10H,4-7H2,(H,19,20,21)/t9-,10-. The molecular formula is C15H15F3N4O2. The molecule has 1 aromatic heterocycles. The molecule has 9 heteroatoms. The molecule has 1 heterocycles. The van der Waals surface area contributed by atoms with Crippen molar-refractivity contribution >= 4 is 22.4 Å². The second kappa shape index (κ2) is 6.21. The summed E-state index contributed by atoms with van der Waals surface area (Å²) in [6, 6.07) is 4.41. The SMILES string of the molecule is O=[N+]([O-])c1cccc2c(N[C@H]3CC[C@H](C(F)(F)F)CC3)ncnc12. The summed E-state index contributed by atoms with van der Waals surface area (Å²) in [5, 5.41) is 14.7. The lowest BCUT2D eigenvalue weighted by atomic mass is 9.85. The lowest BCUT2D eigenvalue weighted by molar-refractivity contribution is -0.383. The van der Waals surface area contributed by atoms with Crippen molar-refractivity contribution in [2.24, 2.45) is 5.92 Å². The lowest BCUT2D eigenvalue weighted by Crippen LogP contribution is -2.33. The molecule has 0 unspecified atom stereocenters. The van der Waals surface area contributed by atoms with Gasteiger partial charge in [-0.2, -0.15) is 13.2 Å². The molecule has 1 aliphatic carbocycles. The number of anilines is 1. The molecule has 1 aromatic carbocycles. The first kappa shape index (κ1) is 16.4. The molecule has 2 aromatic rings. The van der Waals surface area contributed by atoms with Gasteiger partial charge in [0.1, 0.15) is 12.1 Å². The molecule has 1 aliphatic rings. The van der Waals surface area contributed by atoms with Crippen molar-refractivity contribution in [2.75, 3.05) is 5.32 Å². The Kier molecular flexibility index (Phi) is 4.25. The third kappa shape index (κ3) is 3.24. The van der Waals surface area contributed by atoms with Gasteiger partial charge in [-0.15, -0.1) is 0 Å². The summed E-state index contributed by atoms with van der Waals surface area (Å²) in [5.41, 5.74) is 0.0858. The van der Waals surface area contributed by atoms with Crippen LogP contribution in [0.1, 0.15) is 25.7 Å². The smallest absolute Gasteiger partial charge is 0.367 e. The molecule has 1 N–H and O–H groups in total. The summed E-state index contributed by atoms with van der Waals surface area (Å²) in [4.78, 5) is 18.6. The second-order valence-corrected chi connectivity index (χ2v) is 5.89. The number of hydrogen-bond donors (Lipinski definition) is 1. The van der Waals surface area contributed by atoms with Crippen LogP contribution in [0.5, 0.6) is 0 Å². The van der Waals surface area contributed by atoms with Crippen LogP contribution >= 0.6 is 0 Å². The molecule has 0 atom stereocenters. The zero-order chi connectivity index (χ0) is 17.3. The number of nitro benzene ring substituents is 1. The van der Waals surface area contributed by atoms with E-state index in [4.69, 9.17) is 0 Å². The first-order chi connectivity index (χ1) is 11.4. The minimum absolute atomic E-state index is 0.0737. The zero-order valence-electron chi connectivity index (χ0n) is 12.6. The number of para-hydroxylation sites is 1. The van der Waals surface area contributed by atoms with E-state index in [1.54, 1.807) is 6.07 Å². The summed E-state index contributed by atoms with van der Waals surface area (Å²) < 4.78 is 38.2. The number of nitrogens with zero attached hydrogens (tertiary/aromatic N) is 3. The molecule has 1 saturated carbocycles. The Hall–Kier alpha value is -2.45. The summed E-state index contributed by atoms with van der Waals surface area (Å²) in [6.07, 6.45) is -2.02. The van der Waals surface area contributed by atoms with Crippen LogP contribution < -0.4 is 5.32 Å². The number of alkyl halides is 3. The maximum absolute atomic E-state index is 12.7. The van der Waals surface area contributed by atoms with E-state index in [-0.39, 0.29) is 30.1 Å². The van der Waals surface area contributed by atoms with Gasteiger partial charge in [-0.25, -0.2) is 9.97 Å². The van der Waals surface area contributed by atoms with E-state index in [0.717, 1.165) is 0 Å². The zero-order valence-corrected chi connectivity index (χ0v) is 12.6. The van der Waals surface area contributed by atoms with Crippen molar-refractivity contribution in [3.05, 3.63) is 34.6 Å². The van der Waals surface area contributed by atoms with Gasteiger partial charge in [0.05, 0.1) is 10.8 Å². The third-order valence-electron chi connectivity index (χ3n) is 4.37. The van der Waals surface area contributed by atoms with E-state index < -0.39 is 17.0 Å². The number of benzene rings is 1. The van der Waals surface area contributed by atoms with Gasteiger partial charge < -0.3 is 5.32 Å². The molecule has 6 nitrogen and oxygen atoms in total. The van der Waals surface area contributed by atoms with Crippen molar-refractivity contribution < 1.29 is 18.1 Å². The van der Waals surface area contributed by atoms with Crippen LogP contribution in [0.2, 0.25) is 0 Å². The highest BCUT2D eigenvalue weighted by atomic mass is 19.4. The molecule has 0 aliphatic heterocycles. The Balaban J connectivity index is 1.80. The number of nitro groups is 1. The Morgan fingerprint density at radius 2 is 1.88 bits per heavy atom. The Morgan fingerprint density at radius 3 is 2.50 bits per heavy atom. The highest BCUT2D eigenvalue weighted by Crippen LogP contribution is 2.38. The molecule has 0 spiro atoms. The van der Waals surface area contributed by atoms with Crippen LogP contribution in [0.25, 0.3) is 10.9 Å². The number of nitrogens with one attached hydrogen (secondary N) is 1. The first-order valence-electron chi connectivity index (χ1n) is 7.57.